The zero-order chi connectivity index (χ0) is 45.3. The van der Waals surface area contributed by atoms with E-state index in [0.29, 0.717) is 11.6 Å². The van der Waals surface area contributed by atoms with E-state index >= 15 is 0 Å². The van der Waals surface area contributed by atoms with Crippen LogP contribution in [0.3, 0.4) is 0 Å². The predicted octanol–water partition coefficient (Wildman–Crippen LogP) is 8.03. The highest BCUT2D eigenvalue weighted by Crippen LogP contribution is 2.56. The highest BCUT2D eigenvalue weighted by Gasteiger charge is 2.69. The number of nitrogens with zero attached hydrogens (tertiary/aromatic N) is 3. The van der Waals surface area contributed by atoms with Crippen LogP contribution in [0.4, 0.5) is 0 Å². The zero-order valence-corrected chi connectivity index (χ0v) is 38.3. The second-order valence-electron chi connectivity index (χ2n) is 20.9. The van der Waals surface area contributed by atoms with Crippen LogP contribution in [0, 0.1) is 22.7 Å². The monoisotopic (exact) mass is 874 g/mol. The summed E-state index contributed by atoms with van der Waals surface area (Å²) >= 11 is 0. The van der Waals surface area contributed by atoms with Crippen LogP contribution in [0.2, 0.25) is 0 Å². The lowest BCUT2D eigenvalue weighted by Gasteiger charge is -2.50. The zero-order valence-electron chi connectivity index (χ0n) is 38.3. The van der Waals surface area contributed by atoms with Gasteiger partial charge in [-0.15, -0.1) is 0 Å². The van der Waals surface area contributed by atoms with Crippen molar-refractivity contribution in [2.24, 2.45) is 22.7 Å². The molecule has 5 saturated heterocycles. The molecule has 14 heteroatoms. The SMILES string of the molecule is CC(=O)OCC1(C(=O)N[C@H](c2ncc(-c3ccc(-c4ccc(-c5cnc([C@@H](N6C(=O)C7(COC(C)=O)OC8CCC7C6C8)C(C)(C)C)[nH]5)cc4)cc3)[nH]2)C(C)(C)C)OC2CCC1CC2. The molecule has 7 fully saturated rings. The number of aromatic nitrogens is 4. The largest absolute Gasteiger partial charge is 0.462 e. The van der Waals surface area contributed by atoms with Crippen molar-refractivity contribution in [3.63, 3.8) is 0 Å². The van der Waals surface area contributed by atoms with Crippen LogP contribution in [-0.2, 0) is 38.1 Å². The van der Waals surface area contributed by atoms with Crippen molar-refractivity contribution in [2.75, 3.05) is 13.2 Å². The topological polar surface area (TPSA) is 178 Å². The number of imidazole rings is 2. The molecule has 5 aliphatic heterocycles. The van der Waals surface area contributed by atoms with Crippen LogP contribution in [0.5, 0.6) is 0 Å². The molecular weight excluding hydrogens is 813 g/mol. The van der Waals surface area contributed by atoms with Gasteiger partial charge in [-0.2, -0.15) is 0 Å². The first-order chi connectivity index (χ1) is 30.4. The minimum atomic E-state index is -1.22. The van der Waals surface area contributed by atoms with E-state index in [1.54, 1.807) is 6.20 Å². The molecule has 7 atom stereocenters. The molecule has 340 valence electrons. The van der Waals surface area contributed by atoms with Gasteiger partial charge in [-0.25, -0.2) is 9.97 Å². The molecule has 2 aliphatic carbocycles. The number of ether oxygens (including phenoxy) is 4. The van der Waals surface area contributed by atoms with Gasteiger partial charge in [-0.1, -0.05) is 90.1 Å². The summed E-state index contributed by atoms with van der Waals surface area (Å²) in [5.41, 5.74) is 2.56. The summed E-state index contributed by atoms with van der Waals surface area (Å²) < 4.78 is 23.8. The number of carbonyl (C=O) groups is 4. The van der Waals surface area contributed by atoms with Crippen LogP contribution in [-0.4, -0.2) is 91.3 Å². The fourth-order valence-electron chi connectivity index (χ4n) is 11.3. The third-order valence-electron chi connectivity index (χ3n) is 14.5. The average Bonchev–Trinajstić information content (AvgIpc) is 3.99. The number of amides is 2. The van der Waals surface area contributed by atoms with Crippen molar-refractivity contribution < 1.29 is 38.1 Å². The lowest BCUT2D eigenvalue weighted by atomic mass is 9.71. The number of rotatable bonds is 12. The summed E-state index contributed by atoms with van der Waals surface area (Å²) in [4.78, 5) is 71.2. The van der Waals surface area contributed by atoms with Crippen LogP contribution in [0.1, 0.15) is 124 Å². The minimum absolute atomic E-state index is 0.0206. The van der Waals surface area contributed by atoms with Gasteiger partial charge in [0, 0.05) is 31.7 Å². The van der Waals surface area contributed by atoms with E-state index in [1.165, 1.54) is 13.8 Å². The van der Waals surface area contributed by atoms with Crippen LogP contribution < -0.4 is 5.32 Å². The van der Waals surface area contributed by atoms with E-state index < -0.39 is 34.6 Å². The third kappa shape index (κ3) is 7.84. The van der Waals surface area contributed by atoms with Gasteiger partial charge in [-0.05, 0) is 78.0 Å². The Morgan fingerprint density at radius 3 is 1.78 bits per heavy atom. The van der Waals surface area contributed by atoms with E-state index in [4.69, 9.17) is 28.9 Å². The summed E-state index contributed by atoms with van der Waals surface area (Å²) in [6.07, 6.45) is 9.63. The van der Waals surface area contributed by atoms with E-state index in [0.717, 1.165) is 78.6 Å². The molecular formula is C50H62N6O8. The summed E-state index contributed by atoms with van der Waals surface area (Å²) in [7, 11) is 0. The Labute approximate surface area is 375 Å². The second kappa shape index (κ2) is 16.3. The molecule has 6 bridgehead atoms. The molecule has 4 aromatic rings. The molecule has 2 aromatic heterocycles. The Morgan fingerprint density at radius 1 is 0.734 bits per heavy atom. The standard InChI is InChI=1S/C50H62N6O8/c1-28(57)61-26-49(34-17-19-35(63-49)20-18-34)45(59)55-41(47(3,4)5)43-51-24-38(53-43)32-13-9-30(10-14-32)31-11-15-33(16-12-31)39-25-52-44(54-39)42(48(6,7)8)56-40-23-36-21-22-37(40)50(64-36,46(56)60)27-62-29(2)58/h9-16,24-25,34-37,40-42H,17-23,26-27H2,1-8H3,(H,51,53)(H,52,54)(H,55,59)/t34?,35?,36?,37?,40?,41-,42-,49?,50?/m1/s1. The minimum Gasteiger partial charge on any atom is -0.462 e. The molecule has 5 unspecified atom stereocenters. The number of benzene rings is 2. The van der Waals surface area contributed by atoms with Crippen molar-refractivity contribution >= 4 is 23.8 Å². The van der Waals surface area contributed by atoms with Gasteiger partial charge in [0.25, 0.3) is 11.8 Å². The first-order valence-corrected chi connectivity index (χ1v) is 22.9. The molecule has 7 heterocycles. The number of H-pyrrole nitrogens is 2. The number of likely N-dealkylation sites (tertiary alicyclic amines) is 1. The molecule has 2 aromatic carbocycles. The summed E-state index contributed by atoms with van der Waals surface area (Å²) in [6, 6.07) is 15.8. The van der Waals surface area contributed by atoms with Gasteiger partial charge >= 0.3 is 11.9 Å². The predicted molar refractivity (Wildman–Crippen MR) is 238 cm³/mol. The fourth-order valence-corrected chi connectivity index (χ4v) is 11.3. The maximum atomic E-state index is 14.5. The van der Waals surface area contributed by atoms with Crippen molar-refractivity contribution in [3.8, 4) is 33.6 Å². The van der Waals surface area contributed by atoms with Crippen molar-refractivity contribution in [1.29, 1.82) is 0 Å². The van der Waals surface area contributed by atoms with Gasteiger partial charge < -0.3 is 39.1 Å². The van der Waals surface area contributed by atoms with Gasteiger partial charge in [0.1, 0.15) is 24.9 Å². The highest BCUT2D eigenvalue weighted by atomic mass is 16.6. The normalized spacial score (nSPS) is 28.2. The molecule has 7 aliphatic rings. The Morgan fingerprint density at radius 2 is 1.27 bits per heavy atom. The molecule has 0 spiro atoms. The van der Waals surface area contributed by atoms with Crippen LogP contribution in [0.25, 0.3) is 33.6 Å². The number of carbonyl (C=O) groups excluding carboxylic acids is 4. The number of esters is 2. The lowest BCUT2D eigenvalue weighted by molar-refractivity contribution is -0.219. The summed E-state index contributed by atoms with van der Waals surface area (Å²) in [6.45, 7) is 15.1. The van der Waals surface area contributed by atoms with Crippen molar-refractivity contribution in [2.45, 2.75) is 142 Å². The van der Waals surface area contributed by atoms with Gasteiger partial charge in [-0.3, -0.25) is 19.2 Å². The van der Waals surface area contributed by atoms with E-state index in [-0.39, 0.29) is 66.6 Å². The van der Waals surface area contributed by atoms with E-state index in [1.807, 2.05) is 11.1 Å². The molecule has 0 radical (unpaired) electrons. The maximum absolute atomic E-state index is 14.5. The van der Waals surface area contributed by atoms with Crippen molar-refractivity contribution in [1.82, 2.24) is 30.2 Å². The first-order valence-electron chi connectivity index (χ1n) is 22.9. The Hall–Kier alpha value is -5.34. The molecule has 2 amide bonds. The second-order valence-corrected chi connectivity index (χ2v) is 20.9. The summed E-state index contributed by atoms with van der Waals surface area (Å²) in [5.74, 6) is 0.0297. The fraction of sp³-hybridized carbons (Fsp3) is 0.560. The third-order valence-corrected chi connectivity index (χ3v) is 14.5. The first kappa shape index (κ1) is 43.9. The number of hydrogen-bond donors (Lipinski definition) is 3. The lowest BCUT2D eigenvalue weighted by Crippen LogP contribution is -2.64. The molecule has 11 rings (SSSR count). The molecule has 3 N–H and O–H groups in total. The van der Waals surface area contributed by atoms with Crippen LogP contribution >= 0.6 is 0 Å². The highest BCUT2D eigenvalue weighted by molar-refractivity contribution is 5.90. The van der Waals surface area contributed by atoms with Gasteiger partial charge in [0.2, 0.25) is 0 Å². The Bertz CT molecular complexity index is 2400. The maximum Gasteiger partial charge on any atom is 0.302 e. The van der Waals surface area contributed by atoms with E-state index in [2.05, 4.69) is 105 Å². The number of nitrogens with one attached hydrogen (secondary N) is 3. The molecule has 14 nitrogen and oxygen atoms in total. The van der Waals surface area contributed by atoms with Crippen LogP contribution in [0.15, 0.2) is 60.9 Å². The van der Waals surface area contributed by atoms with Gasteiger partial charge in [0.05, 0.1) is 48.1 Å². The quantitative estimate of drug-likeness (QED) is 0.118. The summed E-state index contributed by atoms with van der Waals surface area (Å²) in [5, 5.41) is 3.26. The van der Waals surface area contributed by atoms with Gasteiger partial charge in [0.15, 0.2) is 11.2 Å². The molecule has 2 saturated carbocycles. The average molecular weight is 875 g/mol. The number of aromatic amines is 2. The Kier molecular flexibility index (Phi) is 11.2. The number of hydrogen-bond acceptors (Lipinski definition) is 10. The molecule has 64 heavy (non-hydrogen) atoms. The van der Waals surface area contributed by atoms with Crippen molar-refractivity contribution in [3.05, 3.63) is 72.6 Å². The Balaban J connectivity index is 0.899. The smallest absolute Gasteiger partial charge is 0.302 e. The number of fused-ring (bicyclic) bond motifs is 4. The van der Waals surface area contributed by atoms with E-state index in [9.17, 15) is 19.2 Å².